The van der Waals surface area contributed by atoms with E-state index in [1.807, 2.05) is 0 Å². The summed E-state index contributed by atoms with van der Waals surface area (Å²) >= 11 is 5.58. The van der Waals surface area contributed by atoms with Gasteiger partial charge in [0, 0.05) is 0 Å². The second-order valence-corrected chi connectivity index (χ2v) is 11.0. The van der Waals surface area contributed by atoms with Gasteiger partial charge in [0.05, 0.1) is 0 Å². The third-order valence-electron chi connectivity index (χ3n) is 7.98. The van der Waals surface area contributed by atoms with Crippen LogP contribution in [0.4, 0.5) is 8.78 Å². The molecule has 0 heterocycles. The van der Waals surface area contributed by atoms with Crippen molar-refractivity contribution >= 4 is 11.6 Å². The average Bonchev–Trinajstić information content (AvgIpc) is 2.91. The van der Waals surface area contributed by atoms with Crippen LogP contribution in [0.2, 0.25) is 5.02 Å². The lowest BCUT2D eigenvalue weighted by molar-refractivity contribution is 0.310. The molecule has 3 aromatic rings. The lowest BCUT2D eigenvalue weighted by Gasteiger charge is -2.29. The van der Waals surface area contributed by atoms with Crippen LogP contribution in [0.1, 0.15) is 92.0 Å². The Kier molecular flexibility index (Phi) is 9.98. The molecule has 0 unspecified atom stereocenters. The SMILES string of the molecule is CCCCCc1ccc([C@H]2CC[C@H](CCc3ccc(CCc4cc(F)c(Cl)c(F)c4)cc3)CC2)cc1. The summed E-state index contributed by atoms with van der Waals surface area (Å²) in [5.74, 6) is 0.176. The van der Waals surface area contributed by atoms with E-state index in [1.165, 1.54) is 92.2 Å². The molecule has 0 saturated heterocycles. The molecular weight excluding hydrogens is 470 g/mol. The molecule has 4 rings (SSSR count). The van der Waals surface area contributed by atoms with Crippen LogP contribution in [0.3, 0.4) is 0 Å². The maximum Gasteiger partial charge on any atom is 0.145 e. The molecule has 3 aromatic carbocycles. The van der Waals surface area contributed by atoms with Gasteiger partial charge in [0.25, 0.3) is 0 Å². The van der Waals surface area contributed by atoms with E-state index in [1.54, 1.807) is 0 Å². The first-order chi connectivity index (χ1) is 17.5. The summed E-state index contributed by atoms with van der Waals surface area (Å²) in [4.78, 5) is 0. The Morgan fingerprint density at radius 1 is 0.667 bits per heavy atom. The van der Waals surface area contributed by atoms with Gasteiger partial charge in [-0.3, -0.25) is 0 Å². The zero-order valence-corrected chi connectivity index (χ0v) is 22.3. The topological polar surface area (TPSA) is 0 Å². The minimum Gasteiger partial charge on any atom is -0.205 e. The molecule has 0 nitrogen and oxygen atoms in total. The minimum atomic E-state index is -0.688. The molecule has 0 bridgehead atoms. The first-order valence-corrected chi connectivity index (χ1v) is 14.2. The Hall–Kier alpha value is -2.19. The van der Waals surface area contributed by atoms with Crippen molar-refractivity contribution in [2.45, 2.75) is 89.9 Å². The van der Waals surface area contributed by atoms with Crippen molar-refractivity contribution in [3.05, 3.63) is 105 Å². The fraction of sp³-hybridized carbons (Fsp3) is 0.455. The van der Waals surface area contributed by atoms with Gasteiger partial charge >= 0.3 is 0 Å². The summed E-state index contributed by atoms with van der Waals surface area (Å²) in [6, 6.07) is 20.9. The maximum atomic E-state index is 13.7. The van der Waals surface area contributed by atoms with Crippen LogP contribution in [-0.2, 0) is 25.7 Å². The minimum absolute atomic E-state index is 0.427. The van der Waals surface area contributed by atoms with E-state index in [-0.39, 0.29) is 0 Å². The molecule has 1 fully saturated rings. The van der Waals surface area contributed by atoms with Crippen LogP contribution in [0.25, 0.3) is 0 Å². The highest BCUT2D eigenvalue weighted by molar-refractivity contribution is 6.30. The Bertz CT molecular complexity index is 1060. The predicted octanol–water partition coefficient (Wildman–Crippen LogP) is 10.0. The molecular formula is C33H39ClF2. The summed E-state index contributed by atoms with van der Waals surface area (Å²) < 4.78 is 27.3. The van der Waals surface area contributed by atoms with Gasteiger partial charge in [0.2, 0.25) is 0 Å². The summed E-state index contributed by atoms with van der Waals surface area (Å²) in [6.07, 6.45) is 14.1. The highest BCUT2D eigenvalue weighted by atomic mass is 35.5. The number of hydrogen-bond donors (Lipinski definition) is 0. The largest absolute Gasteiger partial charge is 0.205 e. The number of benzene rings is 3. The van der Waals surface area contributed by atoms with Gasteiger partial charge in [-0.05, 0) is 116 Å². The molecule has 0 N–H and O–H groups in total. The van der Waals surface area contributed by atoms with Gasteiger partial charge in [-0.25, -0.2) is 8.78 Å². The third kappa shape index (κ3) is 7.65. The van der Waals surface area contributed by atoms with E-state index >= 15 is 0 Å². The van der Waals surface area contributed by atoms with Crippen molar-refractivity contribution in [3.8, 4) is 0 Å². The lowest BCUT2D eigenvalue weighted by atomic mass is 9.77. The quantitative estimate of drug-likeness (QED) is 0.178. The zero-order chi connectivity index (χ0) is 25.3. The van der Waals surface area contributed by atoms with Crippen LogP contribution in [-0.4, -0.2) is 0 Å². The van der Waals surface area contributed by atoms with Crippen LogP contribution < -0.4 is 0 Å². The summed E-state index contributed by atoms with van der Waals surface area (Å²) in [5.41, 5.74) is 6.22. The Morgan fingerprint density at radius 2 is 1.19 bits per heavy atom. The van der Waals surface area contributed by atoms with E-state index in [2.05, 4.69) is 55.5 Å². The van der Waals surface area contributed by atoms with Crippen molar-refractivity contribution in [1.82, 2.24) is 0 Å². The van der Waals surface area contributed by atoms with Crippen LogP contribution >= 0.6 is 11.6 Å². The summed E-state index contributed by atoms with van der Waals surface area (Å²) in [5, 5.41) is -0.427. The highest BCUT2D eigenvalue weighted by Crippen LogP contribution is 2.37. The van der Waals surface area contributed by atoms with Crippen LogP contribution in [0.15, 0.2) is 60.7 Å². The van der Waals surface area contributed by atoms with Crippen LogP contribution in [0, 0.1) is 17.6 Å². The number of rotatable bonds is 11. The van der Waals surface area contributed by atoms with E-state index in [4.69, 9.17) is 11.6 Å². The Labute approximate surface area is 221 Å². The van der Waals surface area contributed by atoms with Gasteiger partial charge in [0.1, 0.15) is 16.7 Å². The van der Waals surface area contributed by atoms with E-state index in [9.17, 15) is 8.78 Å². The summed E-state index contributed by atoms with van der Waals surface area (Å²) in [7, 11) is 0. The number of hydrogen-bond acceptors (Lipinski definition) is 0. The van der Waals surface area contributed by atoms with Gasteiger partial charge in [-0.2, -0.15) is 0 Å². The molecule has 0 aliphatic heterocycles. The van der Waals surface area contributed by atoms with Crippen molar-refractivity contribution in [2.75, 3.05) is 0 Å². The smallest absolute Gasteiger partial charge is 0.145 e. The molecule has 1 aliphatic rings. The standard InChI is InChI=1S/C33H39ClF2/c1-2-3-4-5-24-14-18-29(19-15-24)30-20-16-27(17-21-30)11-10-25-6-8-26(9-7-25)12-13-28-22-31(35)33(34)32(36)23-28/h6-9,14-15,18-19,22-23,27,30H,2-5,10-13,16-17,20-21H2,1H3/t27-,30-. The zero-order valence-electron chi connectivity index (χ0n) is 21.5. The third-order valence-corrected chi connectivity index (χ3v) is 8.34. The molecule has 1 saturated carbocycles. The molecule has 0 spiro atoms. The number of unbranched alkanes of at least 4 members (excludes halogenated alkanes) is 2. The number of aryl methyl sites for hydroxylation is 4. The summed E-state index contributed by atoms with van der Waals surface area (Å²) in [6.45, 7) is 2.26. The Balaban J connectivity index is 1.18. The van der Waals surface area contributed by atoms with Crippen molar-refractivity contribution in [1.29, 1.82) is 0 Å². The number of halogens is 3. The fourth-order valence-electron chi connectivity index (χ4n) is 5.60. The van der Waals surface area contributed by atoms with Gasteiger partial charge in [0.15, 0.2) is 0 Å². The van der Waals surface area contributed by atoms with Crippen molar-refractivity contribution in [3.63, 3.8) is 0 Å². The molecule has 36 heavy (non-hydrogen) atoms. The van der Waals surface area contributed by atoms with Gasteiger partial charge in [-0.1, -0.05) is 79.9 Å². The fourth-order valence-corrected chi connectivity index (χ4v) is 5.71. The lowest BCUT2D eigenvalue weighted by Crippen LogP contribution is -2.14. The molecule has 192 valence electrons. The second-order valence-electron chi connectivity index (χ2n) is 10.6. The molecule has 0 amide bonds. The van der Waals surface area contributed by atoms with Gasteiger partial charge in [-0.15, -0.1) is 0 Å². The highest BCUT2D eigenvalue weighted by Gasteiger charge is 2.22. The predicted molar refractivity (Wildman–Crippen MR) is 148 cm³/mol. The normalized spacial score (nSPS) is 17.9. The van der Waals surface area contributed by atoms with E-state index < -0.39 is 16.7 Å². The van der Waals surface area contributed by atoms with Gasteiger partial charge < -0.3 is 0 Å². The molecule has 0 radical (unpaired) electrons. The first kappa shape index (κ1) is 26.9. The van der Waals surface area contributed by atoms with Crippen molar-refractivity contribution in [2.24, 2.45) is 5.92 Å². The Morgan fingerprint density at radius 3 is 1.81 bits per heavy atom. The average molecular weight is 509 g/mol. The van der Waals surface area contributed by atoms with E-state index in [0.29, 0.717) is 12.0 Å². The van der Waals surface area contributed by atoms with Crippen molar-refractivity contribution < 1.29 is 8.78 Å². The second kappa shape index (κ2) is 13.4. The maximum absolute atomic E-state index is 13.7. The first-order valence-electron chi connectivity index (χ1n) is 13.8. The molecule has 0 atom stereocenters. The van der Waals surface area contributed by atoms with E-state index in [0.717, 1.165) is 24.7 Å². The molecule has 0 aromatic heterocycles. The monoisotopic (exact) mass is 508 g/mol. The van der Waals surface area contributed by atoms with Crippen LogP contribution in [0.5, 0.6) is 0 Å². The molecule has 1 aliphatic carbocycles. The molecule has 3 heteroatoms.